The van der Waals surface area contributed by atoms with Gasteiger partial charge in [0.1, 0.15) is 5.75 Å². The van der Waals surface area contributed by atoms with Crippen LogP contribution in [-0.2, 0) is 16.4 Å². The molecule has 1 heterocycles. The summed E-state index contributed by atoms with van der Waals surface area (Å²) >= 11 is 0. The van der Waals surface area contributed by atoms with Crippen molar-refractivity contribution >= 4 is 9.84 Å². The fourth-order valence-electron chi connectivity index (χ4n) is 1.50. The minimum atomic E-state index is -3.25. The van der Waals surface area contributed by atoms with E-state index < -0.39 is 9.84 Å². The lowest BCUT2D eigenvalue weighted by Gasteiger charge is -2.05. The number of rotatable bonds is 5. The first-order chi connectivity index (χ1) is 9.36. The van der Waals surface area contributed by atoms with Crippen LogP contribution in [0.4, 0.5) is 0 Å². The maximum Gasteiger partial charge on any atom is 0.229 e. The van der Waals surface area contributed by atoms with E-state index in [0.717, 1.165) is 6.26 Å². The standard InChI is InChI=1S/C13H16N2O4S/c1-9(2)13-14-12(15-19-13)8-18-10-5-4-6-11(7-10)20(3,16)17/h4-7,9H,8H2,1-3H3. The van der Waals surface area contributed by atoms with Gasteiger partial charge in [-0.2, -0.15) is 4.98 Å². The van der Waals surface area contributed by atoms with Gasteiger partial charge in [-0.1, -0.05) is 25.1 Å². The minimum Gasteiger partial charge on any atom is -0.485 e. The van der Waals surface area contributed by atoms with E-state index in [4.69, 9.17) is 9.26 Å². The Hall–Kier alpha value is -1.89. The molecule has 0 unspecified atom stereocenters. The third kappa shape index (κ3) is 3.57. The Morgan fingerprint density at radius 2 is 2.10 bits per heavy atom. The quantitative estimate of drug-likeness (QED) is 0.841. The summed E-state index contributed by atoms with van der Waals surface area (Å²) in [6.45, 7) is 4.03. The molecule has 20 heavy (non-hydrogen) atoms. The van der Waals surface area contributed by atoms with Crippen molar-refractivity contribution in [1.29, 1.82) is 0 Å². The zero-order chi connectivity index (χ0) is 14.8. The Morgan fingerprint density at radius 1 is 1.35 bits per heavy atom. The van der Waals surface area contributed by atoms with Crippen molar-refractivity contribution in [2.75, 3.05) is 6.26 Å². The average Bonchev–Trinajstić information content (AvgIpc) is 2.85. The molecule has 0 saturated carbocycles. The van der Waals surface area contributed by atoms with Crippen LogP contribution in [0, 0.1) is 0 Å². The predicted octanol–water partition coefficient (Wildman–Crippen LogP) is 2.18. The van der Waals surface area contributed by atoms with E-state index >= 15 is 0 Å². The smallest absolute Gasteiger partial charge is 0.229 e. The average molecular weight is 296 g/mol. The zero-order valence-electron chi connectivity index (χ0n) is 11.5. The summed E-state index contributed by atoms with van der Waals surface area (Å²) in [4.78, 5) is 4.39. The van der Waals surface area contributed by atoms with Crippen molar-refractivity contribution in [2.45, 2.75) is 31.3 Å². The van der Waals surface area contributed by atoms with Gasteiger partial charge >= 0.3 is 0 Å². The van der Waals surface area contributed by atoms with Crippen LogP contribution in [0.25, 0.3) is 0 Å². The number of aromatic nitrogens is 2. The molecule has 0 fully saturated rings. The summed E-state index contributed by atoms with van der Waals surface area (Å²) in [5.74, 6) is 1.58. The van der Waals surface area contributed by atoms with E-state index in [1.807, 2.05) is 13.8 Å². The number of hydrogen-bond acceptors (Lipinski definition) is 6. The Morgan fingerprint density at radius 3 is 2.70 bits per heavy atom. The molecule has 7 heteroatoms. The van der Waals surface area contributed by atoms with Gasteiger partial charge < -0.3 is 9.26 Å². The highest BCUT2D eigenvalue weighted by Gasteiger charge is 2.11. The summed E-state index contributed by atoms with van der Waals surface area (Å²) in [5.41, 5.74) is 0. The number of nitrogens with zero attached hydrogens (tertiary/aromatic N) is 2. The molecule has 2 aromatic rings. The topological polar surface area (TPSA) is 82.3 Å². The highest BCUT2D eigenvalue weighted by Crippen LogP contribution is 2.18. The fraction of sp³-hybridized carbons (Fsp3) is 0.385. The molecule has 2 rings (SSSR count). The molecule has 1 aromatic carbocycles. The molecule has 0 atom stereocenters. The number of hydrogen-bond donors (Lipinski definition) is 0. The normalized spacial score (nSPS) is 11.8. The highest BCUT2D eigenvalue weighted by atomic mass is 32.2. The highest BCUT2D eigenvalue weighted by molar-refractivity contribution is 7.90. The molecular formula is C13H16N2O4S. The molecule has 0 spiro atoms. The second-order valence-electron chi connectivity index (χ2n) is 4.74. The number of ether oxygens (including phenoxy) is 1. The van der Waals surface area contributed by atoms with Crippen LogP contribution in [-0.4, -0.2) is 24.8 Å². The first-order valence-corrected chi connectivity index (χ1v) is 8.01. The van der Waals surface area contributed by atoms with Gasteiger partial charge in [-0.3, -0.25) is 0 Å². The van der Waals surface area contributed by atoms with Crippen molar-refractivity contribution in [1.82, 2.24) is 10.1 Å². The van der Waals surface area contributed by atoms with Gasteiger partial charge in [0.15, 0.2) is 16.4 Å². The van der Waals surface area contributed by atoms with Crippen molar-refractivity contribution < 1.29 is 17.7 Å². The zero-order valence-corrected chi connectivity index (χ0v) is 12.3. The summed E-state index contributed by atoms with van der Waals surface area (Å²) in [5, 5.41) is 3.79. The molecule has 6 nitrogen and oxygen atoms in total. The van der Waals surface area contributed by atoms with E-state index in [9.17, 15) is 8.42 Å². The summed E-state index contributed by atoms with van der Waals surface area (Å²) in [7, 11) is -3.25. The maximum atomic E-state index is 11.4. The molecular weight excluding hydrogens is 280 g/mol. The van der Waals surface area contributed by atoms with E-state index in [0.29, 0.717) is 17.5 Å². The lowest BCUT2D eigenvalue weighted by Crippen LogP contribution is -2.00. The first kappa shape index (κ1) is 14.5. The molecule has 0 aliphatic carbocycles. The first-order valence-electron chi connectivity index (χ1n) is 6.11. The monoisotopic (exact) mass is 296 g/mol. The van der Waals surface area contributed by atoms with E-state index in [1.165, 1.54) is 12.1 Å². The van der Waals surface area contributed by atoms with Gasteiger partial charge in [0.25, 0.3) is 0 Å². The van der Waals surface area contributed by atoms with E-state index in [-0.39, 0.29) is 17.4 Å². The number of sulfone groups is 1. The Labute approximate surface area is 117 Å². The van der Waals surface area contributed by atoms with Crippen molar-refractivity contribution in [2.24, 2.45) is 0 Å². The van der Waals surface area contributed by atoms with E-state index in [1.54, 1.807) is 12.1 Å². The molecule has 0 aliphatic rings. The Bertz CT molecular complexity index is 692. The van der Waals surface area contributed by atoms with Crippen LogP contribution in [0.5, 0.6) is 5.75 Å². The van der Waals surface area contributed by atoms with Crippen molar-refractivity contribution in [3.8, 4) is 5.75 Å². The van der Waals surface area contributed by atoms with Crippen molar-refractivity contribution in [3.63, 3.8) is 0 Å². The van der Waals surface area contributed by atoms with Gasteiger partial charge in [0.2, 0.25) is 11.7 Å². The molecule has 0 radical (unpaired) electrons. The third-order valence-electron chi connectivity index (χ3n) is 2.58. The van der Waals surface area contributed by atoms with Gasteiger partial charge in [0.05, 0.1) is 4.90 Å². The fourth-order valence-corrected chi connectivity index (χ4v) is 2.16. The van der Waals surface area contributed by atoms with Crippen LogP contribution < -0.4 is 4.74 Å². The second kappa shape index (κ2) is 5.62. The summed E-state index contributed by atoms with van der Waals surface area (Å²) < 4.78 is 33.4. The van der Waals surface area contributed by atoms with Crippen LogP contribution >= 0.6 is 0 Å². The lowest BCUT2D eigenvalue weighted by atomic mass is 10.2. The van der Waals surface area contributed by atoms with Crippen LogP contribution in [0.15, 0.2) is 33.7 Å². The maximum absolute atomic E-state index is 11.4. The Balaban J connectivity index is 2.07. The molecule has 0 N–H and O–H groups in total. The molecule has 108 valence electrons. The minimum absolute atomic E-state index is 0.128. The van der Waals surface area contributed by atoms with Gasteiger partial charge in [-0.25, -0.2) is 8.42 Å². The molecule has 0 aliphatic heterocycles. The van der Waals surface area contributed by atoms with Crippen LogP contribution in [0.1, 0.15) is 31.5 Å². The summed E-state index contributed by atoms with van der Waals surface area (Å²) in [6, 6.07) is 6.30. The second-order valence-corrected chi connectivity index (χ2v) is 6.75. The van der Waals surface area contributed by atoms with Crippen LogP contribution in [0.2, 0.25) is 0 Å². The van der Waals surface area contributed by atoms with Crippen LogP contribution in [0.3, 0.4) is 0 Å². The SMILES string of the molecule is CC(C)c1nc(COc2cccc(S(C)(=O)=O)c2)no1. The van der Waals surface area contributed by atoms with E-state index in [2.05, 4.69) is 10.1 Å². The Kier molecular flexibility index (Phi) is 4.08. The molecule has 0 saturated heterocycles. The molecule has 0 bridgehead atoms. The van der Waals surface area contributed by atoms with Gasteiger partial charge in [-0.05, 0) is 18.2 Å². The van der Waals surface area contributed by atoms with Crippen molar-refractivity contribution in [3.05, 3.63) is 36.0 Å². The molecule has 0 amide bonds. The molecule has 1 aromatic heterocycles. The van der Waals surface area contributed by atoms with Gasteiger partial charge in [0, 0.05) is 12.2 Å². The largest absolute Gasteiger partial charge is 0.485 e. The number of benzene rings is 1. The summed E-state index contributed by atoms with van der Waals surface area (Å²) in [6.07, 6.45) is 1.15. The lowest BCUT2D eigenvalue weighted by molar-refractivity contribution is 0.283. The predicted molar refractivity (Wildman–Crippen MR) is 72.3 cm³/mol. The van der Waals surface area contributed by atoms with Gasteiger partial charge in [-0.15, -0.1) is 0 Å². The third-order valence-corrected chi connectivity index (χ3v) is 3.69.